The van der Waals surface area contributed by atoms with Crippen LogP contribution in [0.2, 0.25) is 0 Å². The number of carbonyl (C=O) groups is 1. The van der Waals surface area contributed by atoms with Gasteiger partial charge in [0.05, 0.1) is 21.7 Å². The third-order valence-corrected chi connectivity index (χ3v) is 6.27. The van der Waals surface area contributed by atoms with Crippen molar-refractivity contribution < 1.29 is 17.9 Å². The van der Waals surface area contributed by atoms with E-state index in [1.54, 1.807) is 53.4 Å². The average molecular weight is 415 g/mol. The molecule has 2 aromatic rings. The summed E-state index contributed by atoms with van der Waals surface area (Å²) in [5, 5.41) is 0. The predicted octanol–water partition coefficient (Wildman–Crippen LogP) is 3.99. The molecule has 154 valence electrons. The molecule has 7 heteroatoms. The minimum absolute atomic E-state index is 0.0690. The highest BCUT2D eigenvalue weighted by Crippen LogP contribution is 2.38. The molecular formula is C22H26N2O4S. The lowest BCUT2D eigenvalue weighted by atomic mass is 9.93. The summed E-state index contributed by atoms with van der Waals surface area (Å²) >= 11 is 0. The molecule has 0 saturated carbocycles. The minimum atomic E-state index is -3.73. The van der Waals surface area contributed by atoms with Crippen molar-refractivity contribution in [1.29, 1.82) is 0 Å². The second-order valence-corrected chi connectivity index (χ2v) is 9.34. The van der Waals surface area contributed by atoms with E-state index in [-0.39, 0.29) is 17.4 Å². The summed E-state index contributed by atoms with van der Waals surface area (Å²) in [5.74, 6) is 0.382. The molecule has 0 atom stereocenters. The number of carbonyl (C=O) groups excluding carboxylic acids is 1. The predicted molar refractivity (Wildman–Crippen MR) is 115 cm³/mol. The number of aryl methyl sites for hydroxylation is 1. The molecule has 1 amide bonds. The molecule has 0 unspecified atom stereocenters. The molecule has 0 radical (unpaired) electrons. The molecule has 1 heterocycles. The van der Waals surface area contributed by atoms with E-state index in [1.807, 2.05) is 20.8 Å². The maximum absolute atomic E-state index is 12.9. The van der Waals surface area contributed by atoms with Gasteiger partial charge in [0, 0.05) is 12.6 Å². The van der Waals surface area contributed by atoms with Crippen LogP contribution in [0.15, 0.2) is 60.0 Å². The molecule has 6 nitrogen and oxygen atoms in total. The Labute approximate surface area is 172 Å². The van der Waals surface area contributed by atoms with Crippen LogP contribution in [0.25, 0.3) is 0 Å². The van der Waals surface area contributed by atoms with Gasteiger partial charge in [-0.15, -0.1) is 6.58 Å². The molecule has 0 bridgehead atoms. The van der Waals surface area contributed by atoms with Crippen LogP contribution in [0.5, 0.6) is 5.75 Å². The highest BCUT2D eigenvalue weighted by molar-refractivity contribution is 7.92. The van der Waals surface area contributed by atoms with Gasteiger partial charge in [-0.3, -0.25) is 9.52 Å². The lowest BCUT2D eigenvalue weighted by Gasteiger charge is -2.27. The van der Waals surface area contributed by atoms with E-state index in [9.17, 15) is 13.2 Å². The maximum Gasteiger partial charge on any atom is 0.261 e. The number of amides is 1. The van der Waals surface area contributed by atoms with Gasteiger partial charge in [0.2, 0.25) is 5.91 Å². The normalized spacial score (nSPS) is 15.8. The topological polar surface area (TPSA) is 75.7 Å². The van der Waals surface area contributed by atoms with Crippen LogP contribution < -0.4 is 14.4 Å². The highest BCUT2D eigenvalue weighted by atomic mass is 32.2. The summed E-state index contributed by atoms with van der Waals surface area (Å²) in [4.78, 5) is 14.7. The number of fused-ring (bicyclic) bond motifs is 1. The number of sulfonamides is 1. The highest BCUT2D eigenvalue weighted by Gasteiger charge is 2.37. The second-order valence-electron chi connectivity index (χ2n) is 7.66. The van der Waals surface area contributed by atoms with E-state index < -0.39 is 15.4 Å². The number of ether oxygens (including phenoxy) is 1. The molecule has 2 aromatic carbocycles. The third-order valence-electron chi connectivity index (χ3n) is 4.87. The Kier molecular flexibility index (Phi) is 5.71. The number of anilines is 2. The minimum Gasteiger partial charge on any atom is -0.490 e. The first-order valence-corrected chi connectivity index (χ1v) is 11.0. The van der Waals surface area contributed by atoms with Crippen molar-refractivity contribution in [3.63, 3.8) is 0 Å². The van der Waals surface area contributed by atoms with Gasteiger partial charge in [0.15, 0.2) is 0 Å². The molecular weight excluding hydrogens is 388 g/mol. The third kappa shape index (κ3) is 4.29. The summed E-state index contributed by atoms with van der Waals surface area (Å²) in [6.45, 7) is 9.92. The molecule has 0 aromatic heterocycles. The lowest BCUT2D eigenvalue weighted by molar-refractivity contribution is -0.127. The van der Waals surface area contributed by atoms with E-state index in [1.165, 1.54) is 0 Å². The first-order chi connectivity index (χ1) is 13.7. The van der Waals surface area contributed by atoms with Crippen molar-refractivity contribution >= 4 is 27.3 Å². The van der Waals surface area contributed by atoms with Gasteiger partial charge in [-0.25, -0.2) is 8.42 Å². The average Bonchev–Trinajstić information content (AvgIpc) is 2.78. The van der Waals surface area contributed by atoms with Crippen LogP contribution >= 0.6 is 0 Å². The fourth-order valence-electron chi connectivity index (χ4n) is 3.14. The zero-order valence-corrected chi connectivity index (χ0v) is 17.8. The summed E-state index contributed by atoms with van der Waals surface area (Å²) in [7, 11) is -3.73. The molecule has 0 saturated heterocycles. The van der Waals surface area contributed by atoms with Gasteiger partial charge >= 0.3 is 0 Å². The van der Waals surface area contributed by atoms with Crippen LogP contribution in [0, 0.1) is 5.41 Å². The molecule has 1 N–H and O–H groups in total. The van der Waals surface area contributed by atoms with E-state index >= 15 is 0 Å². The van der Waals surface area contributed by atoms with E-state index in [0.29, 0.717) is 23.7 Å². The number of benzene rings is 2. The first-order valence-electron chi connectivity index (χ1n) is 9.49. The standard InChI is InChI=1S/C22H26N2O4S/c1-5-13-24-19-12-9-17(14-20(19)28-15-22(3,4)21(24)25)23-29(26,27)18-10-7-16(6-2)8-11-18/h5,7-12,14,23H,1,6,13,15H2,2-4H3. The fourth-order valence-corrected chi connectivity index (χ4v) is 4.19. The Morgan fingerprint density at radius 2 is 1.90 bits per heavy atom. The summed E-state index contributed by atoms with van der Waals surface area (Å²) in [6, 6.07) is 11.7. The summed E-state index contributed by atoms with van der Waals surface area (Å²) in [5.41, 5.74) is 1.32. The Bertz CT molecular complexity index is 1030. The van der Waals surface area contributed by atoms with E-state index in [0.717, 1.165) is 12.0 Å². The van der Waals surface area contributed by atoms with Crippen molar-refractivity contribution in [3.8, 4) is 5.75 Å². The van der Waals surface area contributed by atoms with Gasteiger partial charge in [-0.05, 0) is 50.1 Å². The number of nitrogens with zero attached hydrogens (tertiary/aromatic N) is 1. The number of hydrogen-bond acceptors (Lipinski definition) is 4. The van der Waals surface area contributed by atoms with Crippen LogP contribution in [0.1, 0.15) is 26.3 Å². The van der Waals surface area contributed by atoms with E-state index in [2.05, 4.69) is 11.3 Å². The molecule has 1 aliphatic heterocycles. The van der Waals surface area contributed by atoms with Crippen LogP contribution in [-0.2, 0) is 21.2 Å². The van der Waals surface area contributed by atoms with Crippen LogP contribution in [-0.4, -0.2) is 27.5 Å². The van der Waals surface area contributed by atoms with Gasteiger partial charge in [-0.2, -0.15) is 0 Å². The quantitative estimate of drug-likeness (QED) is 0.726. The molecule has 29 heavy (non-hydrogen) atoms. The van der Waals surface area contributed by atoms with Crippen molar-refractivity contribution in [2.75, 3.05) is 22.8 Å². The Balaban J connectivity index is 1.93. The Morgan fingerprint density at radius 3 is 2.52 bits per heavy atom. The molecule has 3 rings (SSSR count). The number of nitrogens with one attached hydrogen (secondary N) is 1. The monoisotopic (exact) mass is 414 g/mol. The second kappa shape index (κ2) is 7.91. The van der Waals surface area contributed by atoms with Gasteiger partial charge < -0.3 is 9.64 Å². The smallest absolute Gasteiger partial charge is 0.261 e. The molecule has 1 aliphatic rings. The van der Waals surface area contributed by atoms with E-state index in [4.69, 9.17) is 4.74 Å². The molecule has 0 aliphatic carbocycles. The number of rotatable bonds is 6. The van der Waals surface area contributed by atoms with Crippen molar-refractivity contribution in [3.05, 3.63) is 60.7 Å². The largest absolute Gasteiger partial charge is 0.490 e. The van der Waals surface area contributed by atoms with Crippen molar-refractivity contribution in [2.45, 2.75) is 32.1 Å². The summed E-state index contributed by atoms with van der Waals surface area (Å²) in [6.07, 6.45) is 2.49. The van der Waals surface area contributed by atoms with Gasteiger partial charge in [-0.1, -0.05) is 25.1 Å². The van der Waals surface area contributed by atoms with Gasteiger partial charge in [0.25, 0.3) is 10.0 Å². The van der Waals surface area contributed by atoms with Crippen LogP contribution in [0.3, 0.4) is 0 Å². The number of hydrogen-bond donors (Lipinski definition) is 1. The molecule has 0 fully saturated rings. The van der Waals surface area contributed by atoms with Crippen molar-refractivity contribution in [1.82, 2.24) is 0 Å². The summed E-state index contributed by atoms with van der Waals surface area (Å²) < 4.78 is 33.9. The Hall–Kier alpha value is -2.80. The zero-order chi connectivity index (χ0) is 21.2. The maximum atomic E-state index is 12.9. The lowest BCUT2D eigenvalue weighted by Crippen LogP contribution is -2.42. The van der Waals surface area contributed by atoms with Crippen LogP contribution in [0.4, 0.5) is 11.4 Å². The zero-order valence-electron chi connectivity index (χ0n) is 16.9. The first kappa shape index (κ1) is 20.9. The van der Waals surface area contributed by atoms with Crippen molar-refractivity contribution in [2.24, 2.45) is 5.41 Å². The SMILES string of the molecule is C=CCN1C(=O)C(C)(C)COc2cc(NS(=O)(=O)c3ccc(CC)cc3)ccc21. The molecule has 0 spiro atoms. The Morgan fingerprint density at radius 1 is 1.21 bits per heavy atom. The fraction of sp³-hybridized carbons (Fsp3) is 0.318. The van der Waals surface area contributed by atoms with Gasteiger partial charge in [0.1, 0.15) is 12.4 Å².